The molecule has 1 aromatic heterocycles. The molecule has 0 fully saturated rings. The molecule has 1 amide bonds. The number of benzene rings is 3. The minimum absolute atomic E-state index is 0.0424. The van der Waals surface area contributed by atoms with Crippen LogP contribution in [-0.4, -0.2) is 26.9 Å². The Bertz CT molecular complexity index is 1430. The number of carbonyl (C=O) groups excluding carboxylic acids is 1. The Morgan fingerprint density at radius 2 is 1.70 bits per heavy atom. The van der Waals surface area contributed by atoms with E-state index < -0.39 is 11.6 Å². The first-order valence-corrected chi connectivity index (χ1v) is 12.2. The fourth-order valence-electron chi connectivity index (χ4n) is 4.59. The average molecular weight is 505 g/mol. The van der Waals surface area contributed by atoms with Crippen molar-refractivity contribution >= 4 is 17.4 Å². The second-order valence-corrected chi connectivity index (χ2v) is 9.47. The molecule has 4 aromatic rings. The molecular weight excluding hydrogens is 477 g/mol. The number of fused-ring (bicyclic) bond motifs is 1. The first kappa shape index (κ1) is 24.6. The Labute approximate surface area is 213 Å². The maximum atomic E-state index is 13.9. The topological polar surface area (TPSA) is 50.2 Å². The molecule has 1 N–H and O–H groups in total. The van der Waals surface area contributed by atoms with Gasteiger partial charge in [-0.25, -0.2) is 18.2 Å². The highest BCUT2D eigenvalue weighted by molar-refractivity contribution is 5.79. The van der Waals surface area contributed by atoms with E-state index >= 15 is 0 Å². The maximum Gasteiger partial charge on any atom is 0.223 e. The predicted octanol–water partition coefficient (Wildman–Crippen LogP) is 6.56. The van der Waals surface area contributed by atoms with Gasteiger partial charge in [0.1, 0.15) is 23.2 Å². The van der Waals surface area contributed by atoms with Gasteiger partial charge in [0.25, 0.3) is 0 Å². The van der Waals surface area contributed by atoms with E-state index in [1.165, 1.54) is 23.8 Å². The number of imidazole rings is 1. The molecule has 1 aliphatic heterocycles. The number of anilines is 2. The van der Waals surface area contributed by atoms with E-state index in [9.17, 15) is 18.0 Å². The minimum atomic E-state index is -0.966. The second kappa shape index (κ2) is 10.1. The molecule has 5 nitrogen and oxygen atoms in total. The van der Waals surface area contributed by atoms with Crippen LogP contribution >= 0.6 is 0 Å². The SMILES string of the molecule is Cc1ccc(C(C)CC(=O)N2CCn3c(nc(-c4ccc(F)cc4)c3Nc3ccc(F)c(F)c3)C2)cc1. The van der Waals surface area contributed by atoms with Crippen LogP contribution in [0, 0.1) is 24.4 Å². The average Bonchev–Trinajstić information content (AvgIpc) is 3.24. The molecular formula is C29H27F3N4O. The van der Waals surface area contributed by atoms with Gasteiger partial charge in [0.05, 0.1) is 6.54 Å². The lowest BCUT2D eigenvalue weighted by Crippen LogP contribution is -2.39. The number of amides is 1. The van der Waals surface area contributed by atoms with Crippen molar-refractivity contribution in [2.75, 3.05) is 11.9 Å². The summed E-state index contributed by atoms with van der Waals surface area (Å²) >= 11 is 0. The van der Waals surface area contributed by atoms with Crippen LogP contribution in [0.2, 0.25) is 0 Å². The van der Waals surface area contributed by atoms with Crippen molar-refractivity contribution in [1.29, 1.82) is 0 Å². The Morgan fingerprint density at radius 3 is 2.41 bits per heavy atom. The monoisotopic (exact) mass is 504 g/mol. The summed E-state index contributed by atoms with van der Waals surface area (Å²) in [5, 5.41) is 3.16. The third-order valence-corrected chi connectivity index (χ3v) is 6.75. The summed E-state index contributed by atoms with van der Waals surface area (Å²) in [4.78, 5) is 19.7. The smallest absolute Gasteiger partial charge is 0.223 e. The lowest BCUT2D eigenvalue weighted by molar-refractivity contribution is -0.133. The van der Waals surface area contributed by atoms with Gasteiger partial charge in [-0.05, 0) is 54.8 Å². The van der Waals surface area contributed by atoms with Crippen LogP contribution in [0.5, 0.6) is 0 Å². The summed E-state index contributed by atoms with van der Waals surface area (Å²) in [5.41, 5.74) is 3.86. The van der Waals surface area contributed by atoms with Crippen LogP contribution in [0.1, 0.15) is 36.2 Å². The van der Waals surface area contributed by atoms with Crippen molar-refractivity contribution in [2.24, 2.45) is 0 Å². The molecule has 1 unspecified atom stereocenters. The number of aromatic nitrogens is 2. The normalized spacial score (nSPS) is 13.8. The van der Waals surface area contributed by atoms with Gasteiger partial charge >= 0.3 is 0 Å². The molecule has 0 bridgehead atoms. The number of halogens is 3. The van der Waals surface area contributed by atoms with Crippen LogP contribution in [0.4, 0.5) is 24.7 Å². The molecule has 1 aliphatic rings. The number of nitrogens with one attached hydrogen (secondary N) is 1. The molecule has 3 aromatic carbocycles. The minimum Gasteiger partial charge on any atom is -0.340 e. The van der Waals surface area contributed by atoms with Gasteiger partial charge in [-0.3, -0.25) is 4.79 Å². The fourth-order valence-corrected chi connectivity index (χ4v) is 4.59. The highest BCUT2D eigenvalue weighted by atomic mass is 19.2. The summed E-state index contributed by atoms with van der Waals surface area (Å²) in [6.07, 6.45) is 0.383. The van der Waals surface area contributed by atoms with Crippen LogP contribution < -0.4 is 5.32 Å². The van der Waals surface area contributed by atoms with Gasteiger partial charge < -0.3 is 14.8 Å². The van der Waals surface area contributed by atoms with E-state index in [1.807, 2.05) is 30.5 Å². The molecule has 0 saturated heterocycles. The van der Waals surface area contributed by atoms with Gasteiger partial charge in [0, 0.05) is 36.8 Å². The summed E-state index contributed by atoms with van der Waals surface area (Å²) < 4.78 is 42.9. The van der Waals surface area contributed by atoms with E-state index in [4.69, 9.17) is 4.98 Å². The van der Waals surface area contributed by atoms with E-state index in [0.29, 0.717) is 54.6 Å². The highest BCUT2D eigenvalue weighted by Gasteiger charge is 2.28. The zero-order chi connectivity index (χ0) is 26.1. The summed E-state index contributed by atoms with van der Waals surface area (Å²) in [6.45, 7) is 5.35. The first-order valence-electron chi connectivity index (χ1n) is 12.2. The standard InChI is InChI=1S/C29H27F3N4O/c1-18-3-5-20(6-4-18)19(2)15-27(37)35-13-14-36-26(17-35)34-28(21-7-9-22(30)10-8-21)29(36)33-23-11-12-24(31)25(32)16-23/h3-12,16,19,33H,13-15,17H2,1-2H3. The molecule has 1 atom stereocenters. The van der Waals surface area contributed by atoms with Crippen molar-refractivity contribution in [3.05, 3.63) is 101 Å². The lowest BCUT2D eigenvalue weighted by Gasteiger charge is -2.29. The van der Waals surface area contributed by atoms with Crippen LogP contribution in [-0.2, 0) is 17.9 Å². The molecule has 190 valence electrons. The van der Waals surface area contributed by atoms with Crippen molar-refractivity contribution in [2.45, 2.75) is 39.3 Å². The van der Waals surface area contributed by atoms with Crippen molar-refractivity contribution < 1.29 is 18.0 Å². The van der Waals surface area contributed by atoms with Crippen LogP contribution in [0.3, 0.4) is 0 Å². The molecule has 0 aliphatic carbocycles. The third kappa shape index (κ3) is 5.23. The Morgan fingerprint density at radius 1 is 0.973 bits per heavy atom. The zero-order valence-electron chi connectivity index (χ0n) is 20.6. The van der Waals surface area contributed by atoms with Crippen LogP contribution in [0.25, 0.3) is 11.3 Å². The summed E-state index contributed by atoms with van der Waals surface area (Å²) in [6, 6.07) is 17.7. The van der Waals surface area contributed by atoms with E-state index in [-0.39, 0.29) is 17.6 Å². The molecule has 2 heterocycles. The second-order valence-electron chi connectivity index (χ2n) is 9.47. The Balaban J connectivity index is 1.41. The van der Waals surface area contributed by atoms with Gasteiger partial charge in [-0.1, -0.05) is 36.8 Å². The number of hydrogen-bond acceptors (Lipinski definition) is 3. The molecule has 0 saturated carbocycles. The number of carbonyl (C=O) groups is 1. The largest absolute Gasteiger partial charge is 0.340 e. The maximum absolute atomic E-state index is 13.9. The molecule has 0 spiro atoms. The molecule has 5 rings (SSSR count). The van der Waals surface area contributed by atoms with E-state index in [0.717, 1.165) is 17.7 Å². The molecule has 0 radical (unpaired) electrons. The van der Waals surface area contributed by atoms with Crippen LogP contribution in [0.15, 0.2) is 66.7 Å². The summed E-state index contributed by atoms with van der Waals surface area (Å²) in [5.74, 6) is -0.919. The van der Waals surface area contributed by atoms with E-state index in [1.54, 1.807) is 17.0 Å². The lowest BCUT2D eigenvalue weighted by atomic mass is 9.96. The number of aryl methyl sites for hydroxylation is 1. The van der Waals surface area contributed by atoms with Crippen molar-refractivity contribution in [3.8, 4) is 11.3 Å². The fraction of sp³-hybridized carbons (Fsp3) is 0.241. The first-order chi connectivity index (χ1) is 17.8. The van der Waals surface area contributed by atoms with Gasteiger partial charge in [-0.15, -0.1) is 0 Å². The summed E-state index contributed by atoms with van der Waals surface area (Å²) in [7, 11) is 0. The highest BCUT2D eigenvalue weighted by Crippen LogP contribution is 2.34. The van der Waals surface area contributed by atoms with Gasteiger partial charge in [0.15, 0.2) is 11.6 Å². The quantitative estimate of drug-likeness (QED) is 0.324. The van der Waals surface area contributed by atoms with Crippen molar-refractivity contribution in [3.63, 3.8) is 0 Å². The molecule has 8 heteroatoms. The van der Waals surface area contributed by atoms with Gasteiger partial charge in [-0.2, -0.15) is 0 Å². The zero-order valence-corrected chi connectivity index (χ0v) is 20.6. The van der Waals surface area contributed by atoms with Gasteiger partial charge in [0.2, 0.25) is 5.91 Å². The Hall–Kier alpha value is -4.07. The predicted molar refractivity (Wildman–Crippen MR) is 137 cm³/mol. The number of nitrogens with zero attached hydrogens (tertiary/aromatic N) is 3. The van der Waals surface area contributed by atoms with Crippen molar-refractivity contribution in [1.82, 2.24) is 14.5 Å². The number of hydrogen-bond donors (Lipinski definition) is 1. The molecule has 37 heavy (non-hydrogen) atoms. The number of rotatable bonds is 6. The van der Waals surface area contributed by atoms with E-state index in [2.05, 4.69) is 17.4 Å². The Kier molecular flexibility index (Phi) is 6.74. The third-order valence-electron chi connectivity index (χ3n) is 6.75.